The van der Waals surface area contributed by atoms with E-state index in [2.05, 4.69) is 36.5 Å². The number of hydrogen-bond acceptors (Lipinski definition) is 15. The second-order valence-electron chi connectivity index (χ2n) is 19.2. The Bertz CT molecular complexity index is 1800. The zero-order valence-electron chi connectivity index (χ0n) is 43.0. The van der Waals surface area contributed by atoms with Crippen LogP contribution in [0.15, 0.2) is 60.7 Å². The van der Waals surface area contributed by atoms with Crippen LogP contribution in [0, 0.1) is 0 Å². The molecule has 1 heterocycles. The second kappa shape index (κ2) is 38.9. The number of benzene rings is 2. The number of nitrogens with two attached hydrogens (primary N) is 1. The normalized spacial score (nSPS) is 18.4. The van der Waals surface area contributed by atoms with Crippen LogP contribution >= 0.6 is 0 Å². The molecule has 1 amide bonds. The van der Waals surface area contributed by atoms with Gasteiger partial charge in [-0.3, -0.25) is 18.9 Å². The molecule has 2 unspecified atom stereocenters. The lowest BCUT2D eigenvalue weighted by Gasteiger charge is -2.43. The molecule has 1 saturated heterocycles. The number of rotatable bonds is 39. The summed E-state index contributed by atoms with van der Waals surface area (Å²) in [6, 6.07) is 19.0. The van der Waals surface area contributed by atoms with Gasteiger partial charge in [0, 0.05) is 12.8 Å². The molecule has 412 valence electrons. The fourth-order valence-corrected chi connectivity index (χ4v) is 8.93. The van der Waals surface area contributed by atoms with Crippen LogP contribution in [0.25, 0.3) is 0 Å². The molecule has 18 heteroatoms. The standard InChI is InChI=1S/C50H79NO12S.C4H11NO3/c1-2-3-4-5-6-7-8-9-16-27-36-42(60-44(53)37-28-17-12-10-14-21-30-40-32-23-19-24-33-40)49(55)51-46-48(47(63-64(57,58)59)43(39-52)61-50(46)56)62-45(54)38-29-18-13-11-15-22-31-41-34-25-20-26-35-41;5-4(1-6,2-7)3-8/h19-20,23-26,32-35,42-43,46-48,50,52,56H,2-18,21-22,27-31,36-39H2,1H3,(H,51,55)(H,57,58,59);6-8H,1-3,5H2/t42?,43-,46-,47-,48-,50?;/m1./s1. The third-order valence-corrected chi connectivity index (χ3v) is 13.3. The largest absolute Gasteiger partial charge is 0.457 e. The van der Waals surface area contributed by atoms with E-state index < -0.39 is 97.0 Å². The molecule has 2 aromatic rings. The molecule has 0 bridgehead atoms. The van der Waals surface area contributed by atoms with Crippen LogP contribution in [0.4, 0.5) is 0 Å². The maximum absolute atomic E-state index is 14.0. The van der Waals surface area contributed by atoms with Gasteiger partial charge in [-0.15, -0.1) is 0 Å². The van der Waals surface area contributed by atoms with Gasteiger partial charge in [-0.1, -0.05) is 177 Å². The van der Waals surface area contributed by atoms with Crippen LogP contribution in [0.1, 0.15) is 179 Å². The van der Waals surface area contributed by atoms with Gasteiger partial charge in [0.15, 0.2) is 18.5 Å². The van der Waals surface area contributed by atoms with Crippen molar-refractivity contribution in [3.05, 3.63) is 71.8 Å². The Kier molecular flexibility index (Phi) is 34.9. The lowest BCUT2D eigenvalue weighted by Crippen LogP contribution is -2.67. The Morgan fingerprint density at radius 3 is 1.50 bits per heavy atom. The van der Waals surface area contributed by atoms with E-state index in [4.69, 9.17) is 39.4 Å². The first kappa shape index (κ1) is 64.6. The average Bonchev–Trinajstić information content (AvgIpc) is 3.37. The number of ether oxygens (including phenoxy) is 3. The summed E-state index contributed by atoms with van der Waals surface area (Å²) < 4.78 is 55.4. The molecule has 1 aliphatic rings. The number of carbonyl (C=O) groups excluding carboxylic acids is 3. The van der Waals surface area contributed by atoms with Gasteiger partial charge in [0.25, 0.3) is 5.91 Å². The molecule has 17 nitrogen and oxygen atoms in total. The molecule has 2 aromatic carbocycles. The number of aliphatic hydroxyl groups excluding tert-OH is 5. The highest BCUT2D eigenvalue weighted by Gasteiger charge is 2.51. The molecule has 0 saturated carbocycles. The molecular formula is C54H90N2O15S. The van der Waals surface area contributed by atoms with E-state index in [1.165, 1.54) is 43.2 Å². The highest BCUT2D eigenvalue weighted by Crippen LogP contribution is 2.28. The maximum Gasteiger partial charge on any atom is 0.397 e. The first-order valence-electron chi connectivity index (χ1n) is 26.7. The van der Waals surface area contributed by atoms with E-state index in [0.29, 0.717) is 19.3 Å². The van der Waals surface area contributed by atoms with Crippen molar-refractivity contribution in [2.24, 2.45) is 5.73 Å². The molecule has 72 heavy (non-hydrogen) atoms. The highest BCUT2D eigenvalue weighted by molar-refractivity contribution is 7.80. The molecule has 6 atom stereocenters. The van der Waals surface area contributed by atoms with E-state index in [-0.39, 0.29) is 19.3 Å². The number of esters is 2. The number of aryl methyl sites for hydroxylation is 2. The Morgan fingerprint density at radius 1 is 0.639 bits per heavy atom. The van der Waals surface area contributed by atoms with Crippen LogP contribution in [-0.4, -0.2) is 125 Å². The Morgan fingerprint density at radius 2 is 1.07 bits per heavy atom. The molecule has 0 spiro atoms. The summed E-state index contributed by atoms with van der Waals surface area (Å²) in [6.07, 6.45) is 15.6. The van der Waals surface area contributed by atoms with E-state index in [1.807, 2.05) is 36.4 Å². The first-order chi connectivity index (χ1) is 34.7. The zero-order valence-corrected chi connectivity index (χ0v) is 43.8. The molecule has 3 rings (SSSR count). The summed E-state index contributed by atoms with van der Waals surface area (Å²) in [7, 11) is -5.19. The quantitative estimate of drug-likeness (QED) is 0.0188. The van der Waals surface area contributed by atoms with E-state index in [0.717, 1.165) is 103 Å². The first-order valence-corrected chi connectivity index (χ1v) is 28.0. The van der Waals surface area contributed by atoms with E-state index in [9.17, 15) is 37.6 Å². The Balaban J connectivity index is 0.00000203. The van der Waals surface area contributed by atoms with Gasteiger partial charge in [-0.25, -0.2) is 4.18 Å². The summed E-state index contributed by atoms with van der Waals surface area (Å²) >= 11 is 0. The minimum absolute atomic E-state index is 0.0484. The van der Waals surface area contributed by atoms with Crippen LogP contribution in [0.5, 0.6) is 0 Å². The number of unbranched alkanes of at least 4 members (excludes halogenated alkanes) is 19. The fraction of sp³-hybridized carbons (Fsp3) is 0.722. The second-order valence-corrected chi connectivity index (χ2v) is 20.3. The molecule has 9 N–H and O–H groups in total. The summed E-state index contributed by atoms with van der Waals surface area (Å²) in [5.41, 5.74) is 6.56. The number of nitrogens with one attached hydrogen (secondary N) is 1. The topological polar surface area (TPSA) is 282 Å². The molecule has 0 aromatic heterocycles. The zero-order chi connectivity index (χ0) is 52.9. The third-order valence-electron chi connectivity index (χ3n) is 12.9. The van der Waals surface area contributed by atoms with Crippen LogP contribution in [0.3, 0.4) is 0 Å². The number of aliphatic hydroxyl groups is 5. The van der Waals surface area contributed by atoms with Gasteiger partial charge in [-0.2, -0.15) is 8.42 Å². The minimum Gasteiger partial charge on any atom is -0.457 e. The Labute approximate surface area is 429 Å². The number of amides is 1. The SMILES string of the molecule is CCCCCCCCCCCCC(OC(=O)CCCCCCCCc1ccccc1)C(=O)N[C@H]1C(O)O[C@H](CO)[C@@H](OS(=O)(=O)O)[C@@H]1OC(=O)CCCCCCCCc1ccccc1.NC(CO)(CO)CO. The van der Waals surface area contributed by atoms with Crippen molar-refractivity contribution in [2.75, 3.05) is 26.4 Å². The van der Waals surface area contributed by atoms with Crippen molar-refractivity contribution in [1.82, 2.24) is 5.32 Å². The predicted octanol–water partition coefficient (Wildman–Crippen LogP) is 7.11. The number of carbonyl (C=O) groups is 3. The molecule has 1 aliphatic heterocycles. The number of hydrogen-bond donors (Lipinski definition) is 8. The van der Waals surface area contributed by atoms with Gasteiger partial charge < -0.3 is 50.8 Å². The maximum atomic E-state index is 14.0. The fourth-order valence-electron chi connectivity index (χ4n) is 8.41. The Hall–Kier alpha value is -3.56. The average molecular weight is 1040 g/mol. The molecule has 0 aliphatic carbocycles. The summed E-state index contributed by atoms with van der Waals surface area (Å²) in [6.45, 7) is 0.114. The van der Waals surface area contributed by atoms with Gasteiger partial charge in [0.05, 0.1) is 32.0 Å². The molecule has 0 radical (unpaired) electrons. The van der Waals surface area contributed by atoms with Crippen molar-refractivity contribution < 1.29 is 71.3 Å². The summed E-state index contributed by atoms with van der Waals surface area (Å²) in [4.78, 5) is 40.4. The molecule has 1 fully saturated rings. The lowest BCUT2D eigenvalue weighted by atomic mass is 9.96. The van der Waals surface area contributed by atoms with E-state index in [1.54, 1.807) is 0 Å². The van der Waals surface area contributed by atoms with Gasteiger partial charge in [-0.05, 0) is 62.5 Å². The van der Waals surface area contributed by atoms with Crippen LogP contribution in [0.2, 0.25) is 0 Å². The monoisotopic (exact) mass is 1040 g/mol. The minimum atomic E-state index is -5.19. The van der Waals surface area contributed by atoms with E-state index >= 15 is 0 Å². The van der Waals surface area contributed by atoms with Gasteiger partial charge in [0.2, 0.25) is 0 Å². The summed E-state index contributed by atoms with van der Waals surface area (Å²) in [5, 5.41) is 48.7. The van der Waals surface area contributed by atoms with Crippen molar-refractivity contribution >= 4 is 28.2 Å². The highest BCUT2D eigenvalue weighted by atomic mass is 32.3. The van der Waals surface area contributed by atoms with Crippen molar-refractivity contribution in [1.29, 1.82) is 0 Å². The molecular weight excluding hydrogens is 949 g/mol. The van der Waals surface area contributed by atoms with Crippen molar-refractivity contribution in [3.8, 4) is 0 Å². The predicted molar refractivity (Wildman–Crippen MR) is 276 cm³/mol. The van der Waals surface area contributed by atoms with Gasteiger partial charge in [0.1, 0.15) is 18.2 Å². The van der Waals surface area contributed by atoms with Crippen molar-refractivity contribution in [2.45, 2.75) is 223 Å². The lowest BCUT2D eigenvalue weighted by molar-refractivity contribution is -0.254. The third kappa shape index (κ3) is 29.4. The smallest absolute Gasteiger partial charge is 0.397 e. The van der Waals surface area contributed by atoms with Crippen LogP contribution in [-0.2, 0) is 56.0 Å². The van der Waals surface area contributed by atoms with Crippen molar-refractivity contribution in [3.63, 3.8) is 0 Å². The van der Waals surface area contributed by atoms with Crippen LogP contribution < -0.4 is 11.1 Å². The van der Waals surface area contributed by atoms with Gasteiger partial charge >= 0.3 is 22.3 Å². The summed E-state index contributed by atoms with van der Waals surface area (Å²) in [5.74, 6) is -2.09.